The Bertz CT molecular complexity index is 508. The van der Waals surface area contributed by atoms with Crippen LogP contribution in [-0.2, 0) is 0 Å². The van der Waals surface area contributed by atoms with Crippen LogP contribution in [0.4, 0.5) is 0 Å². The van der Waals surface area contributed by atoms with Crippen molar-refractivity contribution in [2.75, 3.05) is 0 Å². The van der Waals surface area contributed by atoms with Crippen molar-refractivity contribution in [2.24, 2.45) is 5.73 Å². The standard InChI is InChI=1S/C11H12BrN3S/c1-6(13)8-5-14-11(15-7(8)2)9-3-4-10(12)16-9/h3-6H,13H2,1-2H3/t6-/m1/s1. The van der Waals surface area contributed by atoms with Crippen molar-refractivity contribution in [1.82, 2.24) is 9.97 Å². The van der Waals surface area contributed by atoms with Gasteiger partial charge in [0.2, 0.25) is 0 Å². The largest absolute Gasteiger partial charge is 0.324 e. The fraction of sp³-hybridized carbons (Fsp3) is 0.273. The van der Waals surface area contributed by atoms with E-state index < -0.39 is 0 Å². The molecule has 2 heterocycles. The third-order valence-corrected chi connectivity index (χ3v) is 3.92. The van der Waals surface area contributed by atoms with E-state index in [0.29, 0.717) is 0 Å². The van der Waals surface area contributed by atoms with Crippen LogP contribution >= 0.6 is 27.3 Å². The van der Waals surface area contributed by atoms with Crippen LogP contribution in [0.3, 0.4) is 0 Å². The van der Waals surface area contributed by atoms with Gasteiger partial charge in [-0.3, -0.25) is 0 Å². The molecule has 0 saturated heterocycles. The van der Waals surface area contributed by atoms with Gasteiger partial charge in [0.25, 0.3) is 0 Å². The van der Waals surface area contributed by atoms with Crippen molar-refractivity contribution < 1.29 is 0 Å². The van der Waals surface area contributed by atoms with Crippen LogP contribution in [0.15, 0.2) is 22.1 Å². The summed E-state index contributed by atoms with van der Waals surface area (Å²) in [4.78, 5) is 9.88. The number of aryl methyl sites for hydroxylation is 1. The maximum atomic E-state index is 5.82. The van der Waals surface area contributed by atoms with E-state index in [1.807, 2.05) is 32.2 Å². The first-order chi connectivity index (χ1) is 7.58. The van der Waals surface area contributed by atoms with Gasteiger partial charge in [0.1, 0.15) is 0 Å². The van der Waals surface area contributed by atoms with E-state index in [9.17, 15) is 0 Å². The molecule has 0 bridgehead atoms. The molecule has 3 nitrogen and oxygen atoms in total. The smallest absolute Gasteiger partial charge is 0.169 e. The monoisotopic (exact) mass is 297 g/mol. The van der Waals surface area contributed by atoms with Crippen LogP contribution in [0.1, 0.15) is 24.2 Å². The van der Waals surface area contributed by atoms with E-state index in [2.05, 4.69) is 25.9 Å². The molecule has 0 unspecified atom stereocenters. The third-order valence-electron chi connectivity index (χ3n) is 2.30. The fourth-order valence-electron chi connectivity index (χ4n) is 1.48. The topological polar surface area (TPSA) is 51.8 Å². The Hall–Kier alpha value is -0.780. The molecule has 16 heavy (non-hydrogen) atoms. The van der Waals surface area contributed by atoms with Crippen molar-refractivity contribution >= 4 is 27.3 Å². The third kappa shape index (κ3) is 2.31. The van der Waals surface area contributed by atoms with E-state index in [4.69, 9.17) is 5.73 Å². The molecular weight excluding hydrogens is 286 g/mol. The predicted octanol–water partition coefficient (Wildman–Crippen LogP) is 3.30. The van der Waals surface area contributed by atoms with Crippen molar-refractivity contribution in [2.45, 2.75) is 19.9 Å². The lowest BCUT2D eigenvalue weighted by atomic mass is 10.1. The number of nitrogens with zero attached hydrogens (tertiary/aromatic N) is 2. The summed E-state index contributed by atoms with van der Waals surface area (Å²) in [5.74, 6) is 0.762. The first-order valence-corrected chi connectivity index (χ1v) is 6.53. The summed E-state index contributed by atoms with van der Waals surface area (Å²) in [7, 11) is 0. The highest BCUT2D eigenvalue weighted by atomic mass is 79.9. The molecule has 0 aromatic carbocycles. The van der Waals surface area contributed by atoms with Crippen LogP contribution in [0.25, 0.3) is 10.7 Å². The molecule has 0 saturated carbocycles. The molecule has 2 rings (SSSR count). The first-order valence-electron chi connectivity index (χ1n) is 4.92. The van der Waals surface area contributed by atoms with E-state index in [1.165, 1.54) is 0 Å². The quantitative estimate of drug-likeness (QED) is 0.925. The minimum atomic E-state index is -0.0240. The van der Waals surface area contributed by atoms with Gasteiger partial charge < -0.3 is 5.73 Å². The summed E-state index contributed by atoms with van der Waals surface area (Å²) in [6.07, 6.45) is 1.82. The van der Waals surface area contributed by atoms with Crippen LogP contribution in [-0.4, -0.2) is 9.97 Å². The van der Waals surface area contributed by atoms with Gasteiger partial charge in [0, 0.05) is 23.5 Å². The molecule has 0 fully saturated rings. The van der Waals surface area contributed by atoms with Gasteiger partial charge in [0.15, 0.2) is 5.82 Å². The predicted molar refractivity (Wildman–Crippen MR) is 70.4 cm³/mol. The van der Waals surface area contributed by atoms with E-state index in [1.54, 1.807) is 11.3 Å². The molecule has 5 heteroatoms. The van der Waals surface area contributed by atoms with Crippen LogP contribution in [0.2, 0.25) is 0 Å². The lowest BCUT2D eigenvalue weighted by Crippen LogP contribution is -2.09. The maximum Gasteiger partial charge on any atom is 0.169 e. The minimum Gasteiger partial charge on any atom is -0.324 e. The Morgan fingerprint density at radius 2 is 2.19 bits per heavy atom. The molecule has 0 spiro atoms. The SMILES string of the molecule is Cc1nc(-c2ccc(Br)s2)ncc1[C@@H](C)N. The fourth-order valence-corrected chi connectivity index (χ4v) is 2.80. The Labute approximate surface area is 107 Å². The molecule has 0 aliphatic heterocycles. The van der Waals surface area contributed by atoms with E-state index >= 15 is 0 Å². The second kappa shape index (κ2) is 4.61. The highest BCUT2D eigenvalue weighted by Gasteiger charge is 2.09. The summed E-state index contributed by atoms with van der Waals surface area (Å²) < 4.78 is 1.08. The van der Waals surface area contributed by atoms with Gasteiger partial charge in [-0.05, 0) is 41.9 Å². The lowest BCUT2D eigenvalue weighted by Gasteiger charge is -2.08. The lowest BCUT2D eigenvalue weighted by molar-refractivity contribution is 0.790. The minimum absolute atomic E-state index is 0.0240. The Morgan fingerprint density at radius 1 is 1.44 bits per heavy atom. The Kier molecular flexibility index (Phi) is 3.37. The maximum absolute atomic E-state index is 5.82. The van der Waals surface area contributed by atoms with Crippen LogP contribution < -0.4 is 5.73 Å². The number of halogens is 1. The molecule has 0 aliphatic carbocycles. The average Bonchev–Trinajstić information content (AvgIpc) is 2.64. The van der Waals surface area contributed by atoms with Gasteiger partial charge in [-0.15, -0.1) is 11.3 Å². The number of aromatic nitrogens is 2. The van der Waals surface area contributed by atoms with Gasteiger partial charge in [0.05, 0.1) is 8.66 Å². The zero-order valence-corrected chi connectivity index (χ0v) is 11.5. The van der Waals surface area contributed by atoms with Crippen molar-refractivity contribution in [3.05, 3.63) is 33.4 Å². The van der Waals surface area contributed by atoms with E-state index in [0.717, 1.165) is 25.7 Å². The van der Waals surface area contributed by atoms with Gasteiger partial charge in [-0.1, -0.05) is 0 Å². The summed E-state index contributed by atoms with van der Waals surface area (Å²) in [5, 5.41) is 0. The molecule has 0 aliphatic rings. The number of nitrogens with two attached hydrogens (primary N) is 1. The molecule has 0 radical (unpaired) electrons. The van der Waals surface area contributed by atoms with Gasteiger partial charge in [-0.2, -0.15) is 0 Å². The normalized spacial score (nSPS) is 12.8. The van der Waals surface area contributed by atoms with Crippen molar-refractivity contribution in [1.29, 1.82) is 0 Å². The molecule has 84 valence electrons. The van der Waals surface area contributed by atoms with Crippen LogP contribution in [0.5, 0.6) is 0 Å². The Morgan fingerprint density at radius 3 is 2.69 bits per heavy atom. The summed E-state index contributed by atoms with van der Waals surface area (Å²) in [6, 6.07) is 3.98. The summed E-state index contributed by atoms with van der Waals surface area (Å²) in [5.41, 5.74) is 7.77. The Balaban J connectivity index is 2.42. The second-order valence-corrected chi connectivity index (χ2v) is 6.09. The molecule has 1 atom stereocenters. The number of thiophene rings is 1. The number of rotatable bonds is 2. The molecule has 0 amide bonds. The summed E-state index contributed by atoms with van der Waals surface area (Å²) in [6.45, 7) is 3.90. The molecule has 2 N–H and O–H groups in total. The zero-order chi connectivity index (χ0) is 11.7. The van der Waals surface area contributed by atoms with Crippen LogP contribution in [0, 0.1) is 6.92 Å². The average molecular weight is 298 g/mol. The second-order valence-electron chi connectivity index (χ2n) is 3.63. The van der Waals surface area contributed by atoms with Gasteiger partial charge >= 0.3 is 0 Å². The molecular formula is C11H12BrN3S. The van der Waals surface area contributed by atoms with Crippen molar-refractivity contribution in [3.63, 3.8) is 0 Å². The highest BCUT2D eigenvalue weighted by Crippen LogP contribution is 2.29. The number of hydrogen-bond acceptors (Lipinski definition) is 4. The first kappa shape index (κ1) is 11.7. The van der Waals surface area contributed by atoms with Gasteiger partial charge in [-0.25, -0.2) is 9.97 Å². The number of hydrogen-bond donors (Lipinski definition) is 1. The molecule has 2 aromatic rings. The van der Waals surface area contributed by atoms with E-state index in [-0.39, 0.29) is 6.04 Å². The zero-order valence-electron chi connectivity index (χ0n) is 9.07. The van der Waals surface area contributed by atoms with Crippen molar-refractivity contribution in [3.8, 4) is 10.7 Å². The molecule has 2 aromatic heterocycles. The summed E-state index contributed by atoms with van der Waals surface area (Å²) >= 11 is 5.05. The highest BCUT2D eigenvalue weighted by molar-refractivity contribution is 9.11.